The second-order valence-electron chi connectivity index (χ2n) is 3.98. The van der Waals surface area contributed by atoms with Crippen molar-refractivity contribution < 1.29 is 0 Å². The second kappa shape index (κ2) is 8.56. The highest BCUT2D eigenvalue weighted by Gasteiger charge is 2.23. The maximum Gasteiger partial charge on any atom is -0.00671 e. The Morgan fingerprint density at radius 3 is 2.67 bits per heavy atom. The SMILES string of the molecule is C=C=C1CCCC(C)C1C/C=C\C.CC. The van der Waals surface area contributed by atoms with E-state index in [1.54, 1.807) is 0 Å². The largest absolute Gasteiger partial charge is 0.129 e. The summed E-state index contributed by atoms with van der Waals surface area (Å²) in [6.07, 6.45) is 9.50. The van der Waals surface area contributed by atoms with E-state index in [2.05, 4.69) is 38.3 Å². The monoisotopic (exact) mass is 206 g/mol. The lowest BCUT2D eigenvalue weighted by molar-refractivity contribution is 0.330. The summed E-state index contributed by atoms with van der Waals surface area (Å²) in [5.41, 5.74) is 4.58. The zero-order valence-corrected chi connectivity index (χ0v) is 10.8. The molecule has 0 aromatic carbocycles. The van der Waals surface area contributed by atoms with Gasteiger partial charge in [-0.3, -0.25) is 0 Å². The molecule has 0 heterocycles. The number of hydrogen-bond acceptors (Lipinski definition) is 0. The molecule has 0 spiro atoms. The van der Waals surface area contributed by atoms with E-state index in [-0.39, 0.29) is 0 Å². The van der Waals surface area contributed by atoms with Gasteiger partial charge in [-0.15, -0.1) is 5.73 Å². The fraction of sp³-hybridized carbons (Fsp3) is 0.667. The van der Waals surface area contributed by atoms with Crippen molar-refractivity contribution in [3.63, 3.8) is 0 Å². The van der Waals surface area contributed by atoms with Gasteiger partial charge >= 0.3 is 0 Å². The van der Waals surface area contributed by atoms with Gasteiger partial charge in [0.1, 0.15) is 0 Å². The first kappa shape index (κ1) is 14.3. The Bertz CT molecular complexity index is 228. The smallest absolute Gasteiger partial charge is 0.00671 e. The minimum absolute atomic E-state index is 0.711. The summed E-state index contributed by atoms with van der Waals surface area (Å²) >= 11 is 0. The maximum atomic E-state index is 3.79. The van der Waals surface area contributed by atoms with Crippen LogP contribution < -0.4 is 0 Å². The quantitative estimate of drug-likeness (QED) is 0.434. The van der Waals surface area contributed by atoms with Crippen LogP contribution in [0.2, 0.25) is 0 Å². The molecule has 1 aliphatic rings. The van der Waals surface area contributed by atoms with Crippen molar-refractivity contribution in [2.75, 3.05) is 0 Å². The molecule has 0 aromatic heterocycles. The molecule has 0 heteroatoms. The lowest BCUT2D eigenvalue weighted by atomic mass is 9.75. The topological polar surface area (TPSA) is 0 Å². The minimum Gasteiger partial charge on any atom is -0.129 e. The molecular formula is C15H26. The third-order valence-electron chi connectivity index (χ3n) is 3.09. The third-order valence-corrected chi connectivity index (χ3v) is 3.09. The highest BCUT2D eigenvalue weighted by Crippen LogP contribution is 2.35. The summed E-state index contributed by atoms with van der Waals surface area (Å²) in [6, 6.07) is 0. The van der Waals surface area contributed by atoms with Crippen molar-refractivity contribution in [2.24, 2.45) is 11.8 Å². The first-order valence-electron chi connectivity index (χ1n) is 6.29. The summed E-state index contributed by atoms with van der Waals surface area (Å²) < 4.78 is 0. The Morgan fingerprint density at radius 1 is 1.47 bits per heavy atom. The molecule has 0 aliphatic heterocycles. The molecule has 0 nitrogen and oxygen atoms in total. The first-order valence-corrected chi connectivity index (χ1v) is 6.29. The van der Waals surface area contributed by atoms with Gasteiger partial charge in [-0.2, -0.15) is 0 Å². The lowest BCUT2D eigenvalue weighted by Gasteiger charge is -2.29. The molecule has 2 atom stereocenters. The molecule has 0 amide bonds. The molecule has 1 aliphatic carbocycles. The molecule has 1 rings (SSSR count). The van der Waals surface area contributed by atoms with Crippen LogP contribution in [-0.2, 0) is 0 Å². The van der Waals surface area contributed by atoms with E-state index in [1.807, 2.05) is 13.8 Å². The average molecular weight is 206 g/mol. The Balaban J connectivity index is 0.000000921. The first-order chi connectivity index (χ1) is 7.29. The normalized spacial score (nSPS) is 25.7. The fourth-order valence-corrected chi connectivity index (χ4v) is 2.22. The van der Waals surface area contributed by atoms with Crippen LogP contribution in [0.25, 0.3) is 0 Å². The molecular weight excluding hydrogens is 180 g/mol. The van der Waals surface area contributed by atoms with E-state index in [1.165, 1.54) is 31.3 Å². The molecule has 0 bridgehead atoms. The van der Waals surface area contributed by atoms with E-state index in [0.717, 1.165) is 5.92 Å². The van der Waals surface area contributed by atoms with Gasteiger partial charge in [-0.1, -0.05) is 39.5 Å². The van der Waals surface area contributed by atoms with Crippen LogP contribution in [0.15, 0.2) is 30.0 Å². The average Bonchev–Trinajstić information content (AvgIpc) is 2.30. The fourth-order valence-electron chi connectivity index (χ4n) is 2.22. The predicted molar refractivity (Wildman–Crippen MR) is 69.9 cm³/mol. The van der Waals surface area contributed by atoms with Gasteiger partial charge in [-0.25, -0.2) is 0 Å². The van der Waals surface area contributed by atoms with Crippen LogP contribution >= 0.6 is 0 Å². The van der Waals surface area contributed by atoms with Crippen LogP contribution in [-0.4, -0.2) is 0 Å². The van der Waals surface area contributed by atoms with Crippen molar-refractivity contribution >= 4 is 0 Å². The molecule has 15 heavy (non-hydrogen) atoms. The van der Waals surface area contributed by atoms with Crippen molar-refractivity contribution in [1.29, 1.82) is 0 Å². The van der Waals surface area contributed by atoms with Gasteiger partial charge in [0.15, 0.2) is 0 Å². The van der Waals surface area contributed by atoms with Gasteiger partial charge < -0.3 is 0 Å². The molecule has 0 radical (unpaired) electrons. The molecule has 1 fully saturated rings. The van der Waals surface area contributed by atoms with Crippen molar-refractivity contribution in [2.45, 2.75) is 53.4 Å². The molecule has 0 N–H and O–H groups in total. The standard InChI is InChI=1S/C13H20.C2H6/c1-4-6-10-13-11(3)8-7-9-12(13)5-2;1-2/h4,6,11,13H,2,7-10H2,1,3H3;1-2H3/b6-4-;. The van der Waals surface area contributed by atoms with Crippen LogP contribution in [0.5, 0.6) is 0 Å². The molecule has 86 valence electrons. The Morgan fingerprint density at radius 2 is 2.13 bits per heavy atom. The van der Waals surface area contributed by atoms with Gasteiger partial charge in [-0.05, 0) is 50.0 Å². The molecule has 0 saturated heterocycles. The van der Waals surface area contributed by atoms with E-state index >= 15 is 0 Å². The number of allylic oxidation sites excluding steroid dienone is 3. The lowest BCUT2D eigenvalue weighted by Crippen LogP contribution is -2.18. The second-order valence-corrected chi connectivity index (χ2v) is 3.98. The number of hydrogen-bond donors (Lipinski definition) is 0. The van der Waals surface area contributed by atoms with Gasteiger partial charge in [0.05, 0.1) is 0 Å². The third kappa shape index (κ3) is 4.53. The van der Waals surface area contributed by atoms with Crippen LogP contribution in [0.3, 0.4) is 0 Å². The highest BCUT2D eigenvalue weighted by molar-refractivity contribution is 5.10. The Kier molecular flexibility index (Phi) is 8.14. The summed E-state index contributed by atoms with van der Waals surface area (Å²) in [6.45, 7) is 12.2. The van der Waals surface area contributed by atoms with Crippen LogP contribution in [0.1, 0.15) is 53.4 Å². The van der Waals surface area contributed by atoms with E-state index in [4.69, 9.17) is 0 Å². The molecule has 2 unspecified atom stereocenters. The minimum atomic E-state index is 0.711. The maximum absolute atomic E-state index is 3.79. The van der Waals surface area contributed by atoms with Gasteiger partial charge in [0.25, 0.3) is 0 Å². The van der Waals surface area contributed by atoms with Gasteiger partial charge in [0.2, 0.25) is 0 Å². The summed E-state index contributed by atoms with van der Waals surface area (Å²) in [5, 5.41) is 0. The zero-order valence-electron chi connectivity index (χ0n) is 10.8. The summed E-state index contributed by atoms with van der Waals surface area (Å²) in [7, 11) is 0. The van der Waals surface area contributed by atoms with Gasteiger partial charge in [0, 0.05) is 0 Å². The Hall–Kier alpha value is -0.740. The Labute approximate surface area is 95.8 Å². The van der Waals surface area contributed by atoms with Crippen LogP contribution in [0.4, 0.5) is 0 Å². The van der Waals surface area contributed by atoms with Crippen molar-refractivity contribution in [1.82, 2.24) is 0 Å². The molecule has 1 saturated carbocycles. The summed E-state index contributed by atoms with van der Waals surface area (Å²) in [5.74, 6) is 1.52. The van der Waals surface area contributed by atoms with E-state index in [0.29, 0.717) is 5.92 Å². The molecule has 0 aromatic rings. The van der Waals surface area contributed by atoms with E-state index in [9.17, 15) is 0 Å². The number of rotatable bonds is 2. The zero-order chi connectivity index (χ0) is 11.7. The highest BCUT2D eigenvalue weighted by atomic mass is 14.3. The van der Waals surface area contributed by atoms with Crippen molar-refractivity contribution in [3.8, 4) is 0 Å². The predicted octanol–water partition coefficient (Wildman–Crippen LogP) is 5.13. The van der Waals surface area contributed by atoms with Crippen LogP contribution in [0, 0.1) is 11.8 Å². The van der Waals surface area contributed by atoms with E-state index < -0.39 is 0 Å². The van der Waals surface area contributed by atoms with Crippen molar-refractivity contribution in [3.05, 3.63) is 30.0 Å². The summed E-state index contributed by atoms with van der Waals surface area (Å²) in [4.78, 5) is 0.